The Balaban J connectivity index is 2.94. The molecule has 6 heteroatoms. The summed E-state index contributed by atoms with van der Waals surface area (Å²) in [6, 6.07) is 0. The molecule has 0 spiro atoms. The molecule has 0 saturated heterocycles. The lowest BCUT2D eigenvalue weighted by atomic mass is 10.0. The molecule has 0 saturated carbocycles. The van der Waals surface area contributed by atoms with E-state index in [0.29, 0.717) is 17.0 Å². The molecular formula is C14H19N3O2S. The molecular weight excluding hydrogens is 274 g/mol. The van der Waals surface area contributed by atoms with Crippen LogP contribution in [0.3, 0.4) is 0 Å². The van der Waals surface area contributed by atoms with Crippen molar-refractivity contribution in [2.45, 2.75) is 25.2 Å². The molecule has 0 radical (unpaired) electrons. The summed E-state index contributed by atoms with van der Waals surface area (Å²) < 4.78 is 2.57. The SMILES string of the molecule is CSc1c(CC(C)C)cnc2c1c(=O)n(C)c(=O)n2C. The van der Waals surface area contributed by atoms with Crippen molar-refractivity contribution < 1.29 is 0 Å². The molecule has 5 nitrogen and oxygen atoms in total. The van der Waals surface area contributed by atoms with E-state index in [-0.39, 0.29) is 11.2 Å². The van der Waals surface area contributed by atoms with Crippen LogP contribution in [0.4, 0.5) is 0 Å². The third-order valence-electron chi connectivity index (χ3n) is 3.33. The molecule has 2 aromatic heterocycles. The third-order valence-corrected chi connectivity index (χ3v) is 4.20. The topological polar surface area (TPSA) is 56.9 Å². The van der Waals surface area contributed by atoms with Gasteiger partial charge in [-0.2, -0.15) is 0 Å². The van der Waals surface area contributed by atoms with Crippen LogP contribution < -0.4 is 11.2 Å². The Morgan fingerprint density at radius 2 is 1.90 bits per heavy atom. The van der Waals surface area contributed by atoms with E-state index < -0.39 is 0 Å². The minimum atomic E-state index is -0.348. The summed E-state index contributed by atoms with van der Waals surface area (Å²) in [7, 11) is 3.15. The Labute approximate surface area is 121 Å². The van der Waals surface area contributed by atoms with Crippen LogP contribution in [0.5, 0.6) is 0 Å². The Morgan fingerprint density at radius 3 is 2.45 bits per heavy atom. The monoisotopic (exact) mass is 293 g/mol. The maximum Gasteiger partial charge on any atom is 0.332 e. The number of pyridine rings is 1. The molecule has 2 rings (SSSR count). The molecule has 108 valence electrons. The van der Waals surface area contributed by atoms with Crippen LogP contribution in [0.2, 0.25) is 0 Å². The highest BCUT2D eigenvalue weighted by Gasteiger charge is 2.16. The molecule has 0 aliphatic carbocycles. The zero-order chi connectivity index (χ0) is 15.0. The molecule has 0 aliphatic heterocycles. The first kappa shape index (κ1) is 14.8. The first-order valence-corrected chi connectivity index (χ1v) is 7.72. The van der Waals surface area contributed by atoms with Crippen molar-refractivity contribution in [2.24, 2.45) is 20.0 Å². The predicted molar refractivity (Wildman–Crippen MR) is 82.5 cm³/mol. The molecule has 0 aliphatic rings. The van der Waals surface area contributed by atoms with Crippen LogP contribution in [0.15, 0.2) is 20.7 Å². The van der Waals surface area contributed by atoms with Crippen molar-refractivity contribution >= 4 is 22.8 Å². The Kier molecular flexibility index (Phi) is 4.04. The van der Waals surface area contributed by atoms with Gasteiger partial charge in [0.05, 0.1) is 5.39 Å². The van der Waals surface area contributed by atoms with Gasteiger partial charge in [-0.05, 0) is 24.2 Å². The lowest BCUT2D eigenvalue weighted by Gasteiger charge is -2.14. The zero-order valence-corrected chi connectivity index (χ0v) is 13.2. The highest BCUT2D eigenvalue weighted by atomic mass is 32.2. The summed E-state index contributed by atoms with van der Waals surface area (Å²) in [6.45, 7) is 4.26. The van der Waals surface area contributed by atoms with Gasteiger partial charge in [-0.25, -0.2) is 9.78 Å². The minimum Gasteiger partial charge on any atom is -0.280 e. The van der Waals surface area contributed by atoms with Crippen LogP contribution in [0, 0.1) is 5.92 Å². The Bertz CT molecular complexity index is 775. The van der Waals surface area contributed by atoms with Crippen LogP contribution >= 0.6 is 11.8 Å². The van der Waals surface area contributed by atoms with Gasteiger partial charge in [0.2, 0.25) is 0 Å². The highest BCUT2D eigenvalue weighted by Crippen LogP contribution is 2.27. The number of fused-ring (bicyclic) bond motifs is 1. The molecule has 2 aromatic rings. The maximum absolute atomic E-state index is 12.4. The zero-order valence-electron chi connectivity index (χ0n) is 12.4. The van der Waals surface area contributed by atoms with E-state index >= 15 is 0 Å². The van der Waals surface area contributed by atoms with Gasteiger partial charge in [-0.15, -0.1) is 11.8 Å². The van der Waals surface area contributed by atoms with E-state index in [1.165, 1.54) is 23.4 Å². The average molecular weight is 293 g/mol. The van der Waals surface area contributed by atoms with Gasteiger partial charge in [0.25, 0.3) is 5.56 Å². The summed E-state index contributed by atoms with van der Waals surface area (Å²) in [5.41, 5.74) is 0.898. The standard InChI is InChI=1S/C14H19N3O2S/c1-8(2)6-9-7-15-12-10(11(9)20-5)13(18)17(4)14(19)16(12)3/h7-8H,6H2,1-5H3. The second kappa shape index (κ2) is 5.44. The lowest BCUT2D eigenvalue weighted by molar-refractivity contribution is 0.638. The normalized spacial score (nSPS) is 11.5. The number of hydrogen-bond donors (Lipinski definition) is 0. The third kappa shape index (κ3) is 2.28. The maximum atomic E-state index is 12.4. The molecule has 0 N–H and O–H groups in total. The van der Waals surface area contributed by atoms with Crippen molar-refractivity contribution in [1.82, 2.24) is 14.1 Å². The van der Waals surface area contributed by atoms with Crippen LogP contribution in [0.25, 0.3) is 11.0 Å². The Hall–Kier alpha value is -1.56. The van der Waals surface area contributed by atoms with E-state index in [9.17, 15) is 9.59 Å². The van der Waals surface area contributed by atoms with Crippen LogP contribution in [-0.2, 0) is 20.5 Å². The molecule has 0 aromatic carbocycles. The Morgan fingerprint density at radius 1 is 1.25 bits per heavy atom. The quantitative estimate of drug-likeness (QED) is 0.806. The highest BCUT2D eigenvalue weighted by molar-refractivity contribution is 7.98. The second-order valence-electron chi connectivity index (χ2n) is 5.32. The van der Waals surface area contributed by atoms with Crippen molar-refractivity contribution in [2.75, 3.05) is 6.26 Å². The number of nitrogens with zero attached hydrogens (tertiary/aromatic N) is 3. The molecule has 0 unspecified atom stereocenters. The molecule has 0 amide bonds. The van der Waals surface area contributed by atoms with E-state index in [0.717, 1.165) is 21.4 Å². The summed E-state index contributed by atoms with van der Waals surface area (Å²) in [5.74, 6) is 0.483. The fourth-order valence-corrected chi connectivity index (χ4v) is 3.14. The fraction of sp³-hybridized carbons (Fsp3) is 0.500. The van der Waals surface area contributed by atoms with Crippen molar-refractivity contribution in [1.29, 1.82) is 0 Å². The van der Waals surface area contributed by atoms with Gasteiger partial charge in [0, 0.05) is 25.2 Å². The van der Waals surface area contributed by atoms with E-state index in [2.05, 4.69) is 18.8 Å². The second-order valence-corrected chi connectivity index (χ2v) is 6.14. The number of thioether (sulfide) groups is 1. The van der Waals surface area contributed by atoms with E-state index in [4.69, 9.17) is 0 Å². The number of rotatable bonds is 3. The average Bonchev–Trinajstić information content (AvgIpc) is 2.41. The van der Waals surface area contributed by atoms with Crippen molar-refractivity contribution in [3.63, 3.8) is 0 Å². The smallest absolute Gasteiger partial charge is 0.280 e. The van der Waals surface area contributed by atoms with Crippen molar-refractivity contribution in [3.05, 3.63) is 32.6 Å². The van der Waals surface area contributed by atoms with E-state index in [1.807, 2.05) is 6.26 Å². The summed E-state index contributed by atoms with van der Waals surface area (Å²) in [5, 5.41) is 0.542. The lowest BCUT2D eigenvalue weighted by Crippen LogP contribution is -2.37. The number of hydrogen-bond acceptors (Lipinski definition) is 4. The van der Waals surface area contributed by atoms with Gasteiger partial charge >= 0.3 is 5.69 Å². The summed E-state index contributed by atoms with van der Waals surface area (Å²) in [4.78, 5) is 29.6. The van der Waals surface area contributed by atoms with Gasteiger partial charge in [-0.1, -0.05) is 13.8 Å². The summed E-state index contributed by atoms with van der Waals surface area (Å²) in [6.07, 6.45) is 4.60. The van der Waals surface area contributed by atoms with Crippen LogP contribution in [-0.4, -0.2) is 20.4 Å². The number of aryl methyl sites for hydroxylation is 1. The number of aromatic nitrogens is 3. The van der Waals surface area contributed by atoms with Gasteiger partial charge < -0.3 is 0 Å². The van der Waals surface area contributed by atoms with Crippen molar-refractivity contribution in [3.8, 4) is 0 Å². The van der Waals surface area contributed by atoms with Crippen LogP contribution in [0.1, 0.15) is 19.4 Å². The molecule has 20 heavy (non-hydrogen) atoms. The van der Waals surface area contributed by atoms with E-state index in [1.54, 1.807) is 13.2 Å². The molecule has 0 atom stereocenters. The predicted octanol–water partition coefficient (Wildman–Crippen LogP) is 1.55. The van der Waals surface area contributed by atoms with Gasteiger partial charge in [-0.3, -0.25) is 13.9 Å². The molecule has 2 heterocycles. The fourth-order valence-electron chi connectivity index (χ4n) is 2.36. The van der Waals surface area contributed by atoms with Gasteiger partial charge in [0.15, 0.2) is 0 Å². The van der Waals surface area contributed by atoms with Gasteiger partial charge in [0.1, 0.15) is 5.65 Å². The first-order chi connectivity index (χ1) is 9.38. The first-order valence-electron chi connectivity index (χ1n) is 6.50. The molecule has 0 bridgehead atoms. The molecule has 0 fully saturated rings. The minimum absolute atomic E-state index is 0.273. The summed E-state index contributed by atoms with van der Waals surface area (Å²) >= 11 is 1.54. The largest absolute Gasteiger partial charge is 0.332 e.